The summed E-state index contributed by atoms with van der Waals surface area (Å²) >= 11 is 1.64. The molecular formula is C18H12N4O2S. The van der Waals surface area contributed by atoms with Gasteiger partial charge in [0.2, 0.25) is 0 Å². The van der Waals surface area contributed by atoms with Gasteiger partial charge in [-0.05, 0) is 18.2 Å². The molecule has 1 aliphatic heterocycles. The van der Waals surface area contributed by atoms with E-state index in [0.717, 1.165) is 38.3 Å². The van der Waals surface area contributed by atoms with Gasteiger partial charge in [-0.25, -0.2) is 9.48 Å². The number of carbonyl (C=O) groups is 1. The van der Waals surface area contributed by atoms with E-state index in [9.17, 15) is 9.90 Å². The van der Waals surface area contributed by atoms with E-state index in [4.69, 9.17) is 0 Å². The van der Waals surface area contributed by atoms with Crippen molar-refractivity contribution in [3.8, 4) is 16.9 Å². The monoisotopic (exact) mass is 348 g/mol. The van der Waals surface area contributed by atoms with E-state index >= 15 is 0 Å². The van der Waals surface area contributed by atoms with Crippen LogP contribution in [-0.2, 0) is 5.75 Å². The molecule has 2 N–H and O–H groups in total. The van der Waals surface area contributed by atoms with Crippen LogP contribution in [0.5, 0.6) is 0 Å². The number of benzene rings is 2. The van der Waals surface area contributed by atoms with E-state index in [1.165, 1.54) is 0 Å². The fraction of sp³-hybridized carbons (Fsp3) is 0.0556. The number of fused-ring (bicyclic) bond motifs is 4. The average molecular weight is 348 g/mol. The molecule has 0 unspecified atom stereocenters. The highest BCUT2D eigenvalue weighted by Crippen LogP contribution is 2.44. The summed E-state index contributed by atoms with van der Waals surface area (Å²) in [6, 6.07) is 13.8. The molecule has 0 saturated heterocycles. The zero-order chi connectivity index (χ0) is 17.0. The van der Waals surface area contributed by atoms with Crippen molar-refractivity contribution < 1.29 is 9.90 Å². The van der Waals surface area contributed by atoms with E-state index in [1.54, 1.807) is 22.6 Å². The molecule has 0 aliphatic carbocycles. The van der Waals surface area contributed by atoms with Gasteiger partial charge in [0.1, 0.15) is 0 Å². The van der Waals surface area contributed by atoms with Gasteiger partial charge in [-0.1, -0.05) is 24.3 Å². The lowest BCUT2D eigenvalue weighted by Gasteiger charge is -2.18. The number of rotatable bonds is 2. The summed E-state index contributed by atoms with van der Waals surface area (Å²) in [6.07, 6.45) is 1.74. The normalized spacial score (nSPS) is 12.8. The van der Waals surface area contributed by atoms with Crippen molar-refractivity contribution in [2.24, 2.45) is 0 Å². The number of carboxylic acid groups (broad SMARTS) is 1. The summed E-state index contributed by atoms with van der Waals surface area (Å²) in [7, 11) is 0. The number of carboxylic acids is 1. The second-order valence-electron chi connectivity index (χ2n) is 5.79. The third-order valence-electron chi connectivity index (χ3n) is 4.39. The Bertz CT molecular complexity index is 1150. The molecule has 1 aliphatic rings. The molecule has 122 valence electrons. The number of thioether (sulfide) groups is 1. The molecular weight excluding hydrogens is 336 g/mol. The molecule has 7 heteroatoms. The van der Waals surface area contributed by atoms with E-state index in [1.807, 2.05) is 36.4 Å². The minimum absolute atomic E-state index is 0.109. The molecule has 6 nitrogen and oxygen atoms in total. The predicted molar refractivity (Wildman–Crippen MR) is 95.2 cm³/mol. The summed E-state index contributed by atoms with van der Waals surface area (Å²) in [5, 5.41) is 22.0. The lowest BCUT2D eigenvalue weighted by Crippen LogP contribution is -2.03. The highest BCUT2D eigenvalue weighted by Gasteiger charge is 2.29. The molecule has 4 aromatic rings. The quantitative estimate of drug-likeness (QED) is 0.577. The second kappa shape index (κ2) is 5.22. The molecule has 0 radical (unpaired) electrons. The SMILES string of the molecule is O=C(O)c1nn(-c2cccc3[nH]ncc23)c2c1CSc1ccccc1-2. The van der Waals surface area contributed by atoms with Crippen LogP contribution in [0.15, 0.2) is 53.6 Å². The lowest BCUT2D eigenvalue weighted by molar-refractivity contribution is 0.0689. The first-order chi connectivity index (χ1) is 12.2. The van der Waals surface area contributed by atoms with Crippen LogP contribution >= 0.6 is 11.8 Å². The van der Waals surface area contributed by atoms with Crippen LogP contribution in [0.2, 0.25) is 0 Å². The summed E-state index contributed by atoms with van der Waals surface area (Å²) in [6.45, 7) is 0. The van der Waals surface area contributed by atoms with Gasteiger partial charge in [0.15, 0.2) is 5.69 Å². The van der Waals surface area contributed by atoms with Crippen LogP contribution in [0.4, 0.5) is 0 Å². The summed E-state index contributed by atoms with van der Waals surface area (Å²) < 4.78 is 1.75. The number of aromatic carboxylic acids is 1. The smallest absolute Gasteiger partial charge is 0.356 e. The standard InChI is InChI=1S/C18H12N4O2S/c23-18(24)16-12-9-25-15-7-2-1-4-10(15)17(12)22(21-16)14-6-3-5-13-11(14)8-19-20-13/h1-8H,9H2,(H,19,20)(H,23,24). The fourth-order valence-corrected chi connectivity index (χ4v) is 4.35. The molecule has 3 heterocycles. The molecule has 0 bridgehead atoms. The van der Waals surface area contributed by atoms with Gasteiger partial charge < -0.3 is 5.11 Å². The van der Waals surface area contributed by atoms with Crippen LogP contribution in [0, 0.1) is 0 Å². The predicted octanol–water partition coefficient (Wildman–Crippen LogP) is 3.72. The van der Waals surface area contributed by atoms with Crippen LogP contribution in [0.3, 0.4) is 0 Å². The fourth-order valence-electron chi connectivity index (χ4n) is 3.29. The van der Waals surface area contributed by atoms with E-state index < -0.39 is 5.97 Å². The number of H-pyrrole nitrogens is 1. The summed E-state index contributed by atoms with van der Waals surface area (Å²) in [5.41, 5.74) is 4.43. The zero-order valence-corrected chi connectivity index (χ0v) is 13.7. The van der Waals surface area contributed by atoms with Crippen molar-refractivity contribution in [1.82, 2.24) is 20.0 Å². The van der Waals surface area contributed by atoms with Crippen molar-refractivity contribution in [2.75, 3.05) is 0 Å². The largest absolute Gasteiger partial charge is 0.476 e. The molecule has 25 heavy (non-hydrogen) atoms. The highest BCUT2D eigenvalue weighted by atomic mass is 32.2. The number of aromatic nitrogens is 4. The Hall–Kier alpha value is -3.06. The highest BCUT2D eigenvalue weighted by molar-refractivity contribution is 7.98. The van der Waals surface area contributed by atoms with Gasteiger partial charge in [-0.2, -0.15) is 10.2 Å². The summed E-state index contributed by atoms with van der Waals surface area (Å²) in [4.78, 5) is 12.9. The van der Waals surface area contributed by atoms with Crippen LogP contribution in [-0.4, -0.2) is 31.1 Å². The van der Waals surface area contributed by atoms with Gasteiger partial charge in [-0.3, -0.25) is 5.10 Å². The van der Waals surface area contributed by atoms with E-state index in [0.29, 0.717) is 5.75 Å². The Morgan fingerprint density at radius 2 is 2.08 bits per heavy atom. The Morgan fingerprint density at radius 3 is 2.96 bits per heavy atom. The number of nitrogens with one attached hydrogen (secondary N) is 1. The second-order valence-corrected chi connectivity index (χ2v) is 6.80. The van der Waals surface area contributed by atoms with Gasteiger partial charge in [0, 0.05) is 27.2 Å². The topological polar surface area (TPSA) is 83.8 Å². The first kappa shape index (κ1) is 14.3. The average Bonchev–Trinajstić information content (AvgIpc) is 3.26. The number of hydrogen-bond donors (Lipinski definition) is 2. The minimum atomic E-state index is -1.01. The Balaban J connectivity index is 1.88. The Morgan fingerprint density at radius 1 is 1.20 bits per heavy atom. The molecule has 0 atom stereocenters. The number of aromatic amines is 1. The minimum Gasteiger partial charge on any atom is -0.476 e. The van der Waals surface area contributed by atoms with Crippen molar-refractivity contribution in [3.05, 3.63) is 59.9 Å². The maximum absolute atomic E-state index is 11.7. The maximum atomic E-state index is 11.7. The third-order valence-corrected chi connectivity index (χ3v) is 5.49. The van der Waals surface area contributed by atoms with Gasteiger partial charge in [0.25, 0.3) is 0 Å². The summed E-state index contributed by atoms with van der Waals surface area (Å²) in [5.74, 6) is -0.413. The molecule has 2 aromatic heterocycles. The lowest BCUT2D eigenvalue weighted by atomic mass is 10.1. The molecule has 0 saturated carbocycles. The number of hydrogen-bond acceptors (Lipinski definition) is 4. The zero-order valence-electron chi connectivity index (χ0n) is 12.9. The van der Waals surface area contributed by atoms with Crippen LogP contribution in [0.1, 0.15) is 16.1 Å². The van der Waals surface area contributed by atoms with Gasteiger partial charge in [0.05, 0.1) is 23.1 Å². The van der Waals surface area contributed by atoms with Crippen molar-refractivity contribution in [2.45, 2.75) is 10.6 Å². The first-order valence-corrected chi connectivity index (χ1v) is 8.72. The number of nitrogens with zero attached hydrogens (tertiary/aromatic N) is 3. The molecule has 2 aromatic carbocycles. The van der Waals surface area contributed by atoms with Crippen molar-refractivity contribution >= 4 is 28.6 Å². The van der Waals surface area contributed by atoms with E-state index in [2.05, 4.69) is 21.4 Å². The van der Waals surface area contributed by atoms with E-state index in [-0.39, 0.29) is 5.69 Å². The van der Waals surface area contributed by atoms with Crippen LogP contribution < -0.4 is 0 Å². The molecule has 0 spiro atoms. The van der Waals surface area contributed by atoms with Gasteiger partial charge in [-0.15, -0.1) is 11.8 Å². The maximum Gasteiger partial charge on any atom is 0.356 e. The molecule has 0 amide bonds. The Kier molecular flexibility index (Phi) is 2.98. The van der Waals surface area contributed by atoms with Gasteiger partial charge >= 0.3 is 5.97 Å². The Labute approximate surface area is 146 Å². The van der Waals surface area contributed by atoms with Crippen LogP contribution in [0.25, 0.3) is 27.8 Å². The van der Waals surface area contributed by atoms with Crippen molar-refractivity contribution in [1.29, 1.82) is 0 Å². The van der Waals surface area contributed by atoms with Crippen molar-refractivity contribution in [3.63, 3.8) is 0 Å². The third kappa shape index (κ3) is 2.02. The molecule has 5 rings (SSSR count). The first-order valence-electron chi connectivity index (χ1n) is 7.74. The molecule has 0 fully saturated rings.